The van der Waals surface area contributed by atoms with E-state index >= 15 is 0 Å². The van der Waals surface area contributed by atoms with Gasteiger partial charge in [-0.3, -0.25) is 13.9 Å². The van der Waals surface area contributed by atoms with Gasteiger partial charge in [-0.25, -0.2) is 8.42 Å². The zero-order chi connectivity index (χ0) is 24.6. The van der Waals surface area contributed by atoms with Gasteiger partial charge in [0.15, 0.2) is 0 Å². The maximum atomic E-state index is 13.5. The van der Waals surface area contributed by atoms with Crippen LogP contribution in [-0.2, 0) is 26.2 Å². The lowest BCUT2D eigenvalue weighted by Gasteiger charge is -2.33. The number of hydrogen-bond donors (Lipinski definition) is 1. The molecule has 1 N–H and O–H groups in total. The predicted octanol–water partition coefficient (Wildman–Crippen LogP) is 3.34. The van der Waals surface area contributed by atoms with Gasteiger partial charge in [-0.2, -0.15) is 0 Å². The minimum Gasteiger partial charge on any atom is -0.354 e. The Hall–Kier alpha value is -2.87. The second kappa shape index (κ2) is 11.8. The van der Waals surface area contributed by atoms with Crippen LogP contribution in [0.1, 0.15) is 38.3 Å². The fraction of sp³-hybridized carbons (Fsp3) is 0.440. The van der Waals surface area contributed by atoms with Crippen molar-refractivity contribution < 1.29 is 18.0 Å². The molecule has 0 aliphatic carbocycles. The molecule has 0 bridgehead atoms. The second-order valence-corrected chi connectivity index (χ2v) is 10.6. The monoisotopic (exact) mass is 473 g/mol. The van der Waals surface area contributed by atoms with Crippen molar-refractivity contribution in [1.82, 2.24) is 10.2 Å². The number of nitrogens with one attached hydrogen (secondary N) is 1. The molecule has 0 unspecified atom stereocenters. The third-order valence-electron chi connectivity index (χ3n) is 5.23. The van der Waals surface area contributed by atoms with Crippen molar-refractivity contribution in [2.75, 3.05) is 23.7 Å². The van der Waals surface area contributed by atoms with E-state index in [9.17, 15) is 18.0 Å². The Labute approximate surface area is 197 Å². The zero-order valence-corrected chi connectivity index (χ0v) is 20.9. The van der Waals surface area contributed by atoms with Gasteiger partial charge in [-0.05, 0) is 37.0 Å². The number of aryl methyl sites for hydroxylation is 1. The molecule has 0 spiro atoms. The minimum atomic E-state index is -3.71. The molecule has 0 aliphatic heterocycles. The van der Waals surface area contributed by atoms with E-state index in [1.807, 2.05) is 52.0 Å². The summed E-state index contributed by atoms with van der Waals surface area (Å²) in [6, 6.07) is 15.5. The summed E-state index contributed by atoms with van der Waals surface area (Å²) in [4.78, 5) is 28.0. The molecule has 33 heavy (non-hydrogen) atoms. The van der Waals surface area contributed by atoms with E-state index in [1.54, 1.807) is 30.3 Å². The number of nitrogens with zero attached hydrogens (tertiary/aromatic N) is 2. The Bertz CT molecular complexity index is 1040. The first-order valence-electron chi connectivity index (χ1n) is 11.2. The Balaban J connectivity index is 2.39. The second-order valence-electron chi connectivity index (χ2n) is 8.68. The third kappa shape index (κ3) is 7.89. The van der Waals surface area contributed by atoms with Gasteiger partial charge in [0.25, 0.3) is 0 Å². The number of sulfonamides is 1. The van der Waals surface area contributed by atoms with Crippen molar-refractivity contribution in [3.63, 3.8) is 0 Å². The molecule has 2 amide bonds. The number of para-hydroxylation sites is 1. The Morgan fingerprint density at radius 2 is 1.70 bits per heavy atom. The van der Waals surface area contributed by atoms with E-state index in [1.165, 1.54) is 4.90 Å². The maximum absolute atomic E-state index is 13.5. The smallest absolute Gasteiger partial charge is 0.244 e. The predicted molar refractivity (Wildman–Crippen MR) is 132 cm³/mol. The van der Waals surface area contributed by atoms with Crippen LogP contribution in [0.2, 0.25) is 0 Å². The molecule has 7 nitrogen and oxygen atoms in total. The zero-order valence-electron chi connectivity index (χ0n) is 20.1. The Kier molecular flexibility index (Phi) is 9.46. The highest BCUT2D eigenvalue weighted by molar-refractivity contribution is 7.92. The number of carbonyl (C=O) groups is 2. The molecule has 8 heteroatoms. The van der Waals surface area contributed by atoms with Crippen LogP contribution in [0.3, 0.4) is 0 Å². The summed E-state index contributed by atoms with van der Waals surface area (Å²) in [7, 11) is -3.71. The largest absolute Gasteiger partial charge is 0.354 e. The molecule has 0 aliphatic rings. The van der Waals surface area contributed by atoms with E-state index in [0.29, 0.717) is 18.7 Å². The summed E-state index contributed by atoms with van der Waals surface area (Å²) in [5.41, 5.74) is 2.32. The van der Waals surface area contributed by atoms with Crippen LogP contribution in [0.15, 0.2) is 54.6 Å². The topological polar surface area (TPSA) is 86.8 Å². The molecule has 2 aromatic rings. The minimum absolute atomic E-state index is 0.209. The highest BCUT2D eigenvalue weighted by atomic mass is 32.2. The summed E-state index contributed by atoms with van der Waals surface area (Å²) in [5.74, 6) is -0.402. The lowest BCUT2D eigenvalue weighted by Crippen LogP contribution is -2.52. The Morgan fingerprint density at radius 3 is 2.24 bits per heavy atom. The standard InChI is InChI=1S/C25H35N3O4S/c1-6-23(25(30)26-16-19(2)3)27(17-21-12-10-11-20(4)15-21)24(29)18-28(33(5,31)32)22-13-8-7-9-14-22/h7-15,19,23H,6,16-18H2,1-5H3,(H,26,30)/t23-/m1/s1. The van der Waals surface area contributed by atoms with E-state index in [4.69, 9.17) is 0 Å². The summed E-state index contributed by atoms with van der Waals surface area (Å²) in [6.45, 7) is 8.14. The highest BCUT2D eigenvalue weighted by Crippen LogP contribution is 2.19. The van der Waals surface area contributed by atoms with Crippen LogP contribution in [0.4, 0.5) is 5.69 Å². The number of rotatable bonds is 11. The number of anilines is 1. The SMILES string of the molecule is CC[C@H](C(=O)NCC(C)C)N(Cc1cccc(C)c1)C(=O)CN(c1ccccc1)S(C)(=O)=O. The normalized spacial score (nSPS) is 12.3. The van der Waals surface area contributed by atoms with Crippen LogP contribution in [0, 0.1) is 12.8 Å². The quantitative estimate of drug-likeness (QED) is 0.542. The number of hydrogen-bond acceptors (Lipinski definition) is 4. The molecule has 2 aromatic carbocycles. The third-order valence-corrected chi connectivity index (χ3v) is 6.37. The number of benzene rings is 2. The van der Waals surface area contributed by atoms with E-state index in [0.717, 1.165) is 21.7 Å². The summed E-state index contributed by atoms with van der Waals surface area (Å²) < 4.78 is 26.1. The molecule has 0 heterocycles. The van der Waals surface area contributed by atoms with E-state index < -0.39 is 22.0 Å². The van der Waals surface area contributed by atoms with Crippen molar-refractivity contribution in [2.45, 2.75) is 46.7 Å². The average molecular weight is 474 g/mol. The molecule has 0 aromatic heterocycles. The molecule has 2 rings (SSSR count). The highest BCUT2D eigenvalue weighted by Gasteiger charge is 2.31. The summed E-state index contributed by atoms with van der Waals surface area (Å²) in [5, 5.41) is 2.92. The fourth-order valence-corrected chi connectivity index (χ4v) is 4.41. The van der Waals surface area contributed by atoms with Gasteiger partial charge < -0.3 is 10.2 Å². The van der Waals surface area contributed by atoms with Gasteiger partial charge in [0.1, 0.15) is 12.6 Å². The number of amides is 2. The van der Waals surface area contributed by atoms with Crippen LogP contribution in [0.5, 0.6) is 0 Å². The molecular weight excluding hydrogens is 438 g/mol. The first kappa shape index (κ1) is 26.4. The van der Waals surface area contributed by atoms with E-state index in [-0.39, 0.29) is 24.9 Å². The van der Waals surface area contributed by atoms with Crippen LogP contribution < -0.4 is 9.62 Å². The van der Waals surface area contributed by atoms with Gasteiger partial charge >= 0.3 is 0 Å². The first-order valence-corrected chi connectivity index (χ1v) is 13.0. The van der Waals surface area contributed by atoms with Gasteiger partial charge in [-0.15, -0.1) is 0 Å². The maximum Gasteiger partial charge on any atom is 0.244 e. The van der Waals surface area contributed by atoms with Crippen LogP contribution in [0.25, 0.3) is 0 Å². The van der Waals surface area contributed by atoms with Gasteiger partial charge in [0.05, 0.1) is 11.9 Å². The lowest BCUT2D eigenvalue weighted by atomic mass is 10.1. The van der Waals surface area contributed by atoms with Crippen LogP contribution in [-0.4, -0.2) is 50.5 Å². The molecule has 0 radical (unpaired) electrons. The van der Waals surface area contributed by atoms with Crippen molar-refractivity contribution in [1.29, 1.82) is 0 Å². The van der Waals surface area contributed by atoms with Crippen molar-refractivity contribution in [3.05, 3.63) is 65.7 Å². The molecule has 180 valence electrons. The van der Waals surface area contributed by atoms with E-state index in [2.05, 4.69) is 5.32 Å². The van der Waals surface area contributed by atoms with Gasteiger partial charge in [0.2, 0.25) is 21.8 Å². The first-order chi connectivity index (χ1) is 15.5. The molecular formula is C25H35N3O4S. The lowest BCUT2D eigenvalue weighted by molar-refractivity contribution is -0.140. The summed E-state index contributed by atoms with van der Waals surface area (Å²) in [6.07, 6.45) is 1.48. The molecule has 0 fully saturated rings. The van der Waals surface area contributed by atoms with Crippen molar-refractivity contribution in [3.8, 4) is 0 Å². The van der Waals surface area contributed by atoms with Gasteiger partial charge in [-0.1, -0.05) is 68.8 Å². The average Bonchev–Trinajstić information content (AvgIpc) is 2.75. The van der Waals surface area contributed by atoms with Crippen molar-refractivity contribution in [2.24, 2.45) is 5.92 Å². The number of carbonyl (C=O) groups excluding carboxylic acids is 2. The van der Waals surface area contributed by atoms with Gasteiger partial charge in [0, 0.05) is 13.1 Å². The molecule has 0 saturated carbocycles. The summed E-state index contributed by atoms with van der Waals surface area (Å²) >= 11 is 0. The molecule has 1 atom stereocenters. The van der Waals surface area contributed by atoms with Crippen molar-refractivity contribution >= 4 is 27.5 Å². The molecule has 0 saturated heterocycles. The fourth-order valence-electron chi connectivity index (χ4n) is 3.56. The van der Waals surface area contributed by atoms with Crippen LogP contribution >= 0.6 is 0 Å². The Morgan fingerprint density at radius 1 is 1.03 bits per heavy atom.